The summed E-state index contributed by atoms with van der Waals surface area (Å²) in [5.74, 6) is 0. The first-order valence-electron chi connectivity index (χ1n) is 8.46. The molecule has 4 heteroatoms. The molecule has 0 aliphatic carbocycles. The summed E-state index contributed by atoms with van der Waals surface area (Å²) in [7, 11) is -1.35. The molecule has 0 aliphatic heterocycles. The number of aliphatic hydroxyl groups is 1. The molecule has 1 N–H and O–H groups in total. The van der Waals surface area contributed by atoms with E-state index in [4.69, 9.17) is 0 Å². The Balaban J connectivity index is 2.03. The Labute approximate surface area is 163 Å². The zero-order chi connectivity index (χ0) is 18.6. The molecule has 0 heterocycles. The molecule has 0 amide bonds. The predicted molar refractivity (Wildman–Crippen MR) is 109 cm³/mol. The maximum atomic E-state index is 13.6. The van der Waals surface area contributed by atoms with Gasteiger partial charge in [-0.3, -0.25) is 0 Å². The molecule has 0 spiro atoms. The summed E-state index contributed by atoms with van der Waals surface area (Å²) in [5, 5.41) is 11.2. The van der Waals surface area contributed by atoms with Crippen molar-refractivity contribution in [2.45, 2.75) is 28.5 Å². The van der Waals surface area contributed by atoms with Crippen molar-refractivity contribution in [3.05, 3.63) is 96.1 Å². The predicted octanol–water partition coefficient (Wildman–Crippen LogP) is 3.58. The molecule has 0 fully saturated rings. The monoisotopic (exact) mass is 430 g/mol. The van der Waals surface area contributed by atoms with Gasteiger partial charge >= 0.3 is 164 Å². The van der Waals surface area contributed by atoms with Crippen LogP contribution in [0.5, 0.6) is 0 Å². The van der Waals surface area contributed by atoms with Crippen LogP contribution in [0.15, 0.2) is 89.8 Å². The number of aliphatic hydroxyl groups excluding tert-OH is 1. The van der Waals surface area contributed by atoms with Gasteiger partial charge in [0.15, 0.2) is 0 Å². The SMILES string of the molecule is Cc1ccc([S@](=O)C(C)([Se]c2ccccc2)C(O)c2ccccc2)cc1. The van der Waals surface area contributed by atoms with Gasteiger partial charge in [0.1, 0.15) is 0 Å². The van der Waals surface area contributed by atoms with Crippen LogP contribution >= 0.6 is 0 Å². The number of hydrogen-bond donors (Lipinski definition) is 1. The van der Waals surface area contributed by atoms with E-state index in [2.05, 4.69) is 0 Å². The fourth-order valence-corrected chi connectivity index (χ4v) is 7.72. The fourth-order valence-electron chi connectivity index (χ4n) is 2.75. The standard InChI is InChI=1S/C22H22O2SSe/c1-17-13-15-19(16-14-17)25(24)22(2,26-20-11-7-4-8-12-20)21(23)18-9-5-3-6-10-18/h3-16,21,23H,1-2H3/t21?,22?,25-/m0/s1. The zero-order valence-corrected chi connectivity index (χ0v) is 17.4. The van der Waals surface area contributed by atoms with Gasteiger partial charge in [-0.1, -0.05) is 0 Å². The second-order valence-corrected chi connectivity index (χ2v) is 12.0. The van der Waals surface area contributed by atoms with Crippen LogP contribution in [0.2, 0.25) is 0 Å². The van der Waals surface area contributed by atoms with E-state index in [9.17, 15) is 9.32 Å². The van der Waals surface area contributed by atoms with Crippen molar-refractivity contribution >= 4 is 30.2 Å². The quantitative estimate of drug-likeness (QED) is 0.609. The van der Waals surface area contributed by atoms with Crippen molar-refractivity contribution < 1.29 is 9.32 Å². The van der Waals surface area contributed by atoms with Crippen molar-refractivity contribution in [3.63, 3.8) is 0 Å². The first-order valence-corrected chi connectivity index (χ1v) is 11.3. The Morgan fingerprint density at radius 2 is 1.42 bits per heavy atom. The molecule has 0 aliphatic rings. The van der Waals surface area contributed by atoms with Gasteiger partial charge < -0.3 is 0 Å². The Morgan fingerprint density at radius 3 is 2.00 bits per heavy atom. The number of aryl methyl sites for hydroxylation is 1. The molecule has 2 nitrogen and oxygen atoms in total. The van der Waals surface area contributed by atoms with Gasteiger partial charge in [-0.05, 0) is 0 Å². The van der Waals surface area contributed by atoms with Gasteiger partial charge in [0.05, 0.1) is 0 Å². The molecule has 0 saturated carbocycles. The van der Waals surface area contributed by atoms with Crippen LogP contribution in [0.1, 0.15) is 24.2 Å². The van der Waals surface area contributed by atoms with Crippen LogP contribution in [0.25, 0.3) is 0 Å². The molecule has 3 atom stereocenters. The first kappa shape index (κ1) is 19.1. The second kappa shape index (κ2) is 8.32. The minimum absolute atomic E-state index is 0.181. The Bertz CT molecular complexity index is 866. The van der Waals surface area contributed by atoms with E-state index in [0.717, 1.165) is 20.5 Å². The Morgan fingerprint density at radius 1 is 0.885 bits per heavy atom. The van der Waals surface area contributed by atoms with Crippen LogP contribution in [0, 0.1) is 6.92 Å². The summed E-state index contributed by atoms with van der Waals surface area (Å²) >= 11 is -0.181. The number of benzene rings is 3. The summed E-state index contributed by atoms with van der Waals surface area (Å²) in [4.78, 5) is 0.755. The molecule has 0 bridgehead atoms. The summed E-state index contributed by atoms with van der Waals surface area (Å²) in [6.07, 6.45) is -0.814. The number of rotatable bonds is 6. The summed E-state index contributed by atoms with van der Waals surface area (Å²) in [6, 6.07) is 27.3. The summed E-state index contributed by atoms with van der Waals surface area (Å²) in [5.41, 5.74) is 1.93. The average Bonchev–Trinajstić information content (AvgIpc) is 2.69. The molecule has 0 aromatic heterocycles. The molecule has 0 saturated heterocycles. The van der Waals surface area contributed by atoms with Crippen LogP contribution in [-0.4, -0.2) is 27.9 Å². The normalized spacial score (nSPS) is 15.8. The third-order valence-corrected chi connectivity index (χ3v) is 9.71. The zero-order valence-electron chi connectivity index (χ0n) is 14.8. The summed E-state index contributed by atoms with van der Waals surface area (Å²) in [6.45, 7) is 3.95. The van der Waals surface area contributed by atoms with Crippen molar-refractivity contribution in [1.82, 2.24) is 0 Å². The molecule has 2 unspecified atom stereocenters. The van der Waals surface area contributed by atoms with E-state index in [1.807, 2.05) is 98.8 Å². The van der Waals surface area contributed by atoms with E-state index < -0.39 is 20.5 Å². The van der Waals surface area contributed by atoms with Crippen molar-refractivity contribution in [3.8, 4) is 0 Å². The van der Waals surface area contributed by atoms with Crippen LogP contribution in [0.3, 0.4) is 0 Å². The van der Waals surface area contributed by atoms with Crippen molar-refractivity contribution in [1.29, 1.82) is 0 Å². The molecule has 26 heavy (non-hydrogen) atoms. The minimum atomic E-state index is -1.35. The Kier molecular flexibility index (Phi) is 6.10. The van der Waals surface area contributed by atoms with Crippen LogP contribution in [-0.2, 0) is 10.8 Å². The third kappa shape index (κ3) is 4.16. The molecule has 134 valence electrons. The first-order chi connectivity index (χ1) is 12.5. The molecular weight excluding hydrogens is 407 g/mol. The van der Waals surface area contributed by atoms with Crippen LogP contribution < -0.4 is 4.46 Å². The molecular formula is C22H22O2SSe. The van der Waals surface area contributed by atoms with E-state index in [1.165, 1.54) is 0 Å². The molecule has 0 radical (unpaired) electrons. The van der Waals surface area contributed by atoms with Gasteiger partial charge in [-0.15, -0.1) is 0 Å². The van der Waals surface area contributed by atoms with Gasteiger partial charge in [0.2, 0.25) is 0 Å². The fraction of sp³-hybridized carbons (Fsp3) is 0.182. The van der Waals surface area contributed by atoms with Gasteiger partial charge in [-0.25, -0.2) is 0 Å². The van der Waals surface area contributed by atoms with E-state index in [0.29, 0.717) is 0 Å². The van der Waals surface area contributed by atoms with E-state index in [-0.39, 0.29) is 15.0 Å². The summed E-state index contributed by atoms with van der Waals surface area (Å²) < 4.78 is 13.9. The Hall–Kier alpha value is -1.71. The van der Waals surface area contributed by atoms with Crippen molar-refractivity contribution in [2.24, 2.45) is 0 Å². The van der Waals surface area contributed by atoms with Crippen LogP contribution in [0.4, 0.5) is 0 Å². The van der Waals surface area contributed by atoms with Gasteiger partial charge in [0.25, 0.3) is 0 Å². The van der Waals surface area contributed by atoms with E-state index in [1.54, 1.807) is 0 Å². The average molecular weight is 429 g/mol. The van der Waals surface area contributed by atoms with Gasteiger partial charge in [0, 0.05) is 0 Å². The molecule has 3 rings (SSSR count). The molecule has 3 aromatic rings. The topological polar surface area (TPSA) is 37.3 Å². The molecule has 3 aromatic carbocycles. The second-order valence-electron chi connectivity index (χ2n) is 6.33. The van der Waals surface area contributed by atoms with Gasteiger partial charge in [-0.2, -0.15) is 0 Å². The van der Waals surface area contributed by atoms with Crippen molar-refractivity contribution in [2.75, 3.05) is 0 Å². The number of hydrogen-bond acceptors (Lipinski definition) is 2. The third-order valence-electron chi connectivity index (χ3n) is 4.28. The maximum absolute atomic E-state index is 13.6. The van der Waals surface area contributed by atoms with E-state index >= 15 is 0 Å².